The van der Waals surface area contributed by atoms with Crippen LogP contribution >= 0.6 is 0 Å². The Labute approximate surface area is 158 Å². The zero-order valence-corrected chi connectivity index (χ0v) is 14.7. The third kappa shape index (κ3) is 3.30. The van der Waals surface area contributed by atoms with E-state index in [0.717, 1.165) is 0 Å². The van der Waals surface area contributed by atoms with Gasteiger partial charge in [-0.15, -0.1) is 0 Å². The molecule has 0 aliphatic rings. The van der Waals surface area contributed by atoms with Gasteiger partial charge in [0.2, 0.25) is 0 Å². The van der Waals surface area contributed by atoms with Gasteiger partial charge in [-0.05, 0) is 24.3 Å². The fraction of sp³-hybridized carbons (Fsp3) is 0. The number of para-hydroxylation sites is 3. The fourth-order valence-electron chi connectivity index (χ4n) is 1.69. The molecule has 1 N–H and O–H groups in total. The van der Waals surface area contributed by atoms with Crippen molar-refractivity contribution in [2.75, 3.05) is 0 Å². The van der Waals surface area contributed by atoms with Gasteiger partial charge in [-0.3, -0.25) is 0 Å². The molecule has 3 aromatic rings. The van der Waals surface area contributed by atoms with E-state index in [2.05, 4.69) is 9.97 Å². The maximum Gasteiger partial charge on any atom is 0.373 e. The summed E-state index contributed by atoms with van der Waals surface area (Å²) in [5.41, 5.74) is 1.23. The average molecular weight is 313 g/mol. The van der Waals surface area contributed by atoms with E-state index < -0.39 is 10.1 Å². The van der Waals surface area contributed by atoms with Crippen LogP contribution < -0.4 is 4.18 Å². The van der Waals surface area contributed by atoms with Crippen LogP contribution in [0.3, 0.4) is 0 Å². The number of hydrogen-bond donors (Lipinski definition) is 1. The van der Waals surface area contributed by atoms with Crippen LogP contribution in [0.1, 0.15) is 0 Å². The van der Waals surface area contributed by atoms with E-state index in [-0.39, 0.29) is 62.3 Å². The van der Waals surface area contributed by atoms with E-state index in [0.29, 0.717) is 11.0 Å². The molecule has 1 heterocycles. The minimum Gasteiger partial charge on any atom is -0.377 e. The normalized spacial score (nSPS) is 11.0. The van der Waals surface area contributed by atoms with Crippen LogP contribution in [0.5, 0.6) is 5.75 Å². The SMILES string of the molecule is O=S(=O)(Oc1ccccc1)c1nc2ccccc2[nH]1.[K]. The first-order chi connectivity index (χ1) is 9.15. The Kier molecular flexibility index (Phi) is 5.00. The van der Waals surface area contributed by atoms with Crippen molar-refractivity contribution in [1.82, 2.24) is 9.97 Å². The molecular formula is C13H10KN2O3S. The maximum absolute atomic E-state index is 12.1. The predicted octanol–water partition coefficient (Wildman–Crippen LogP) is 1.95. The van der Waals surface area contributed by atoms with Crippen LogP contribution in [0.4, 0.5) is 0 Å². The molecule has 0 aliphatic heterocycles. The molecule has 5 nitrogen and oxygen atoms in total. The van der Waals surface area contributed by atoms with Crippen LogP contribution in [0.25, 0.3) is 11.0 Å². The molecule has 2 aromatic carbocycles. The Bertz CT molecular complexity index is 783. The van der Waals surface area contributed by atoms with E-state index in [9.17, 15) is 8.42 Å². The Morgan fingerprint density at radius 2 is 1.60 bits per heavy atom. The van der Waals surface area contributed by atoms with Crippen LogP contribution in [0.15, 0.2) is 59.8 Å². The Morgan fingerprint density at radius 1 is 0.950 bits per heavy atom. The summed E-state index contributed by atoms with van der Waals surface area (Å²) in [7, 11) is -3.94. The number of benzene rings is 2. The smallest absolute Gasteiger partial charge is 0.373 e. The second-order valence-corrected chi connectivity index (χ2v) is 5.37. The molecule has 0 bridgehead atoms. The van der Waals surface area contributed by atoms with Gasteiger partial charge in [0, 0.05) is 51.4 Å². The molecule has 97 valence electrons. The molecule has 3 rings (SSSR count). The summed E-state index contributed by atoms with van der Waals surface area (Å²) >= 11 is 0. The summed E-state index contributed by atoms with van der Waals surface area (Å²) in [5.74, 6) is 0.253. The summed E-state index contributed by atoms with van der Waals surface area (Å²) in [6.07, 6.45) is 0. The van der Waals surface area contributed by atoms with Gasteiger partial charge in [0.15, 0.2) is 0 Å². The van der Waals surface area contributed by atoms with Crippen LogP contribution in [0.2, 0.25) is 0 Å². The summed E-state index contributed by atoms with van der Waals surface area (Å²) in [4.78, 5) is 6.74. The number of rotatable bonds is 3. The largest absolute Gasteiger partial charge is 0.377 e. The monoisotopic (exact) mass is 313 g/mol. The zero-order valence-electron chi connectivity index (χ0n) is 10.8. The predicted molar refractivity (Wildman–Crippen MR) is 76.1 cm³/mol. The molecule has 0 aliphatic carbocycles. The van der Waals surface area contributed by atoms with Crippen molar-refractivity contribution >= 4 is 72.5 Å². The first-order valence-electron chi connectivity index (χ1n) is 5.59. The van der Waals surface area contributed by atoms with Crippen LogP contribution in [0, 0.1) is 0 Å². The number of nitrogens with zero attached hydrogens (tertiary/aromatic N) is 1. The Balaban J connectivity index is 0.00000147. The second kappa shape index (κ2) is 6.38. The van der Waals surface area contributed by atoms with Gasteiger partial charge in [0.25, 0.3) is 5.16 Å². The second-order valence-electron chi connectivity index (χ2n) is 3.91. The molecule has 20 heavy (non-hydrogen) atoms. The number of nitrogens with one attached hydrogen (secondary N) is 1. The quantitative estimate of drug-likeness (QED) is 0.592. The summed E-state index contributed by atoms with van der Waals surface area (Å²) in [6, 6.07) is 15.4. The molecule has 0 saturated carbocycles. The van der Waals surface area contributed by atoms with Gasteiger partial charge in [-0.2, -0.15) is 8.42 Å². The van der Waals surface area contributed by atoms with E-state index in [1.54, 1.807) is 54.6 Å². The Hall–Kier alpha value is -0.704. The first kappa shape index (κ1) is 15.7. The summed E-state index contributed by atoms with van der Waals surface area (Å²) < 4.78 is 29.1. The third-order valence-electron chi connectivity index (χ3n) is 2.55. The number of fused-ring (bicyclic) bond motifs is 1. The standard InChI is InChI=1S/C13H10N2O3S.K/c16-19(17,18-10-6-2-1-3-7-10)13-14-11-8-4-5-9-12(11)15-13;/h1-9H,(H,14,15);. The van der Waals surface area contributed by atoms with Crippen molar-refractivity contribution in [3.05, 3.63) is 54.6 Å². The first-order valence-corrected chi connectivity index (χ1v) is 7.00. The van der Waals surface area contributed by atoms with Crippen molar-refractivity contribution in [3.63, 3.8) is 0 Å². The van der Waals surface area contributed by atoms with E-state index in [1.807, 2.05) is 0 Å². The molecular weight excluding hydrogens is 303 g/mol. The van der Waals surface area contributed by atoms with Gasteiger partial charge in [0.1, 0.15) is 5.75 Å². The molecule has 0 atom stereocenters. The number of aromatic amines is 1. The minimum absolute atomic E-state index is 0. The molecule has 0 amide bonds. The number of hydrogen-bond acceptors (Lipinski definition) is 4. The van der Waals surface area contributed by atoms with E-state index in [1.165, 1.54) is 0 Å². The average Bonchev–Trinajstić information content (AvgIpc) is 2.84. The van der Waals surface area contributed by atoms with Crippen molar-refractivity contribution in [3.8, 4) is 5.75 Å². The summed E-state index contributed by atoms with van der Waals surface area (Å²) in [5, 5.41) is -0.197. The van der Waals surface area contributed by atoms with E-state index >= 15 is 0 Å². The molecule has 1 aromatic heterocycles. The molecule has 0 spiro atoms. The number of imidazole rings is 1. The van der Waals surface area contributed by atoms with Gasteiger partial charge < -0.3 is 9.17 Å². The van der Waals surface area contributed by atoms with Gasteiger partial charge in [-0.1, -0.05) is 30.3 Å². The van der Waals surface area contributed by atoms with Crippen molar-refractivity contribution in [2.24, 2.45) is 0 Å². The topological polar surface area (TPSA) is 72.1 Å². The third-order valence-corrected chi connectivity index (χ3v) is 3.63. The van der Waals surface area contributed by atoms with Gasteiger partial charge >= 0.3 is 10.1 Å². The van der Waals surface area contributed by atoms with Crippen molar-refractivity contribution in [2.45, 2.75) is 5.16 Å². The number of aromatic nitrogens is 2. The maximum atomic E-state index is 12.1. The fourth-order valence-corrected chi connectivity index (χ4v) is 2.58. The molecule has 0 saturated heterocycles. The molecule has 0 unspecified atom stereocenters. The van der Waals surface area contributed by atoms with Gasteiger partial charge in [-0.25, -0.2) is 4.98 Å². The number of H-pyrrole nitrogens is 1. The Morgan fingerprint density at radius 3 is 2.30 bits per heavy atom. The molecule has 1 radical (unpaired) electrons. The molecule has 0 fully saturated rings. The van der Waals surface area contributed by atoms with Crippen molar-refractivity contribution < 1.29 is 12.6 Å². The minimum atomic E-state index is -3.94. The van der Waals surface area contributed by atoms with E-state index in [4.69, 9.17) is 4.18 Å². The van der Waals surface area contributed by atoms with Crippen LogP contribution in [-0.4, -0.2) is 69.8 Å². The molecule has 7 heteroatoms. The van der Waals surface area contributed by atoms with Crippen molar-refractivity contribution in [1.29, 1.82) is 0 Å². The zero-order chi connectivity index (χ0) is 13.3. The van der Waals surface area contributed by atoms with Gasteiger partial charge in [0.05, 0.1) is 11.0 Å². The van der Waals surface area contributed by atoms with Crippen LogP contribution in [-0.2, 0) is 10.1 Å². The summed E-state index contributed by atoms with van der Waals surface area (Å²) in [6.45, 7) is 0.